The fourth-order valence-corrected chi connectivity index (χ4v) is 3.96. The molecule has 23 heavy (non-hydrogen) atoms. The zero-order valence-corrected chi connectivity index (χ0v) is 15.2. The second-order valence-corrected chi connectivity index (χ2v) is 9.26. The van der Waals surface area contributed by atoms with Crippen molar-refractivity contribution in [2.24, 2.45) is 4.99 Å². The van der Waals surface area contributed by atoms with Gasteiger partial charge in [-0.25, -0.2) is 8.42 Å². The lowest BCUT2D eigenvalue weighted by molar-refractivity contribution is 0.353. The van der Waals surface area contributed by atoms with Gasteiger partial charge in [0, 0.05) is 25.8 Å². The van der Waals surface area contributed by atoms with Gasteiger partial charge in [0.2, 0.25) is 0 Å². The minimum absolute atomic E-state index is 0.169. The summed E-state index contributed by atoms with van der Waals surface area (Å²) in [5.41, 5.74) is 1.13. The van der Waals surface area contributed by atoms with Gasteiger partial charge in [-0.05, 0) is 33.3 Å². The molecular formula is C15H27N5O2S. The second kappa shape index (κ2) is 6.90. The van der Waals surface area contributed by atoms with Crippen molar-refractivity contribution in [2.45, 2.75) is 39.0 Å². The molecule has 1 aliphatic rings. The lowest BCUT2D eigenvalue weighted by Gasteiger charge is -2.39. The lowest BCUT2D eigenvalue weighted by Crippen LogP contribution is -2.57. The van der Waals surface area contributed by atoms with E-state index in [4.69, 9.17) is 0 Å². The van der Waals surface area contributed by atoms with Crippen LogP contribution in [-0.2, 0) is 16.4 Å². The van der Waals surface area contributed by atoms with Gasteiger partial charge >= 0.3 is 0 Å². The van der Waals surface area contributed by atoms with Crippen LogP contribution in [0.4, 0.5) is 0 Å². The summed E-state index contributed by atoms with van der Waals surface area (Å²) in [6, 6.07) is 0. The summed E-state index contributed by atoms with van der Waals surface area (Å²) >= 11 is 0. The third kappa shape index (κ3) is 4.25. The van der Waals surface area contributed by atoms with Crippen molar-refractivity contribution < 1.29 is 8.42 Å². The van der Waals surface area contributed by atoms with Crippen LogP contribution >= 0.6 is 0 Å². The smallest absolute Gasteiger partial charge is 0.194 e. The first kappa shape index (κ1) is 17.8. The van der Waals surface area contributed by atoms with Crippen molar-refractivity contribution in [3.05, 3.63) is 18.0 Å². The van der Waals surface area contributed by atoms with Crippen LogP contribution in [0.3, 0.4) is 0 Å². The fraction of sp³-hybridized carbons (Fsp3) is 0.733. The summed E-state index contributed by atoms with van der Waals surface area (Å²) in [6.07, 6.45) is 3.81. The van der Waals surface area contributed by atoms with E-state index in [1.807, 2.05) is 35.8 Å². The van der Waals surface area contributed by atoms with Gasteiger partial charge in [-0.15, -0.1) is 0 Å². The van der Waals surface area contributed by atoms with Crippen molar-refractivity contribution >= 4 is 15.8 Å². The van der Waals surface area contributed by atoms with Gasteiger partial charge in [-0.1, -0.05) is 0 Å². The van der Waals surface area contributed by atoms with Crippen LogP contribution in [0.5, 0.6) is 0 Å². The average Bonchev–Trinajstić information content (AvgIpc) is 2.87. The molecule has 1 N–H and O–H groups in total. The maximum Gasteiger partial charge on any atom is 0.194 e. The van der Waals surface area contributed by atoms with E-state index in [0.717, 1.165) is 18.1 Å². The summed E-state index contributed by atoms with van der Waals surface area (Å²) in [6.45, 7) is 10.6. The second-order valence-electron chi connectivity index (χ2n) is 6.52. The standard InChI is InChI=1S/C15H27N5O2S/c1-5-16-14(17-6-7-20-11-13(2)10-18-20)19-8-9-23(21,22)15(3,4)12-19/h10-11H,5-9,12H2,1-4H3,(H,16,17). The first-order valence-corrected chi connectivity index (χ1v) is 9.65. The minimum Gasteiger partial charge on any atom is -0.357 e. The van der Waals surface area contributed by atoms with Gasteiger partial charge in [-0.2, -0.15) is 5.10 Å². The normalized spacial score (nSPS) is 20.5. The van der Waals surface area contributed by atoms with Crippen molar-refractivity contribution in [2.75, 3.05) is 31.9 Å². The third-order valence-corrected chi connectivity index (χ3v) is 6.56. The molecule has 1 saturated heterocycles. The topological polar surface area (TPSA) is 79.6 Å². The SMILES string of the molecule is CCNC(=NCCn1cc(C)cn1)N1CCS(=O)(=O)C(C)(C)C1. The fourth-order valence-electron chi connectivity index (χ4n) is 2.60. The number of rotatable bonds is 4. The average molecular weight is 341 g/mol. The van der Waals surface area contributed by atoms with Gasteiger partial charge in [-0.3, -0.25) is 9.67 Å². The van der Waals surface area contributed by atoms with Crippen LogP contribution in [0.1, 0.15) is 26.3 Å². The molecule has 2 rings (SSSR count). The van der Waals surface area contributed by atoms with E-state index in [9.17, 15) is 8.42 Å². The highest BCUT2D eigenvalue weighted by atomic mass is 32.2. The van der Waals surface area contributed by atoms with Gasteiger partial charge in [0.15, 0.2) is 15.8 Å². The van der Waals surface area contributed by atoms with Gasteiger partial charge in [0.1, 0.15) is 0 Å². The van der Waals surface area contributed by atoms with E-state index >= 15 is 0 Å². The first-order valence-electron chi connectivity index (χ1n) is 8.00. The summed E-state index contributed by atoms with van der Waals surface area (Å²) < 4.78 is 25.4. The van der Waals surface area contributed by atoms with E-state index in [0.29, 0.717) is 26.2 Å². The van der Waals surface area contributed by atoms with Crippen molar-refractivity contribution in [1.82, 2.24) is 20.0 Å². The highest BCUT2D eigenvalue weighted by Gasteiger charge is 2.40. The Kier molecular flexibility index (Phi) is 5.33. The van der Waals surface area contributed by atoms with Crippen LogP contribution < -0.4 is 5.32 Å². The molecule has 1 fully saturated rings. The summed E-state index contributed by atoms with van der Waals surface area (Å²) in [4.78, 5) is 6.67. The van der Waals surface area contributed by atoms with Crippen molar-refractivity contribution in [3.8, 4) is 0 Å². The Labute approximate surface area is 138 Å². The Morgan fingerprint density at radius 1 is 1.48 bits per heavy atom. The number of nitrogens with one attached hydrogen (secondary N) is 1. The molecule has 1 aromatic heterocycles. The first-order chi connectivity index (χ1) is 10.7. The molecule has 0 aliphatic carbocycles. The zero-order valence-electron chi connectivity index (χ0n) is 14.4. The maximum atomic E-state index is 12.1. The number of aromatic nitrogens is 2. The molecule has 0 unspecified atom stereocenters. The van der Waals surface area contributed by atoms with Gasteiger partial charge < -0.3 is 10.2 Å². The van der Waals surface area contributed by atoms with Crippen LogP contribution in [0.2, 0.25) is 0 Å². The highest BCUT2D eigenvalue weighted by molar-refractivity contribution is 7.92. The summed E-state index contributed by atoms with van der Waals surface area (Å²) in [7, 11) is -3.04. The van der Waals surface area contributed by atoms with Gasteiger partial charge in [0.25, 0.3) is 0 Å². The molecule has 0 saturated carbocycles. The largest absolute Gasteiger partial charge is 0.357 e. The number of aryl methyl sites for hydroxylation is 1. The number of hydrogen-bond donors (Lipinski definition) is 1. The Morgan fingerprint density at radius 3 is 2.78 bits per heavy atom. The predicted molar refractivity (Wildman–Crippen MR) is 92.4 cm³/mol. The third-order valence-electron chi connectivity index (χ3n) is 4.03. The molecule has 1 aromatic rings. The summed E-state index contributed by atoms with van der Waals surface area (Å²) in [5.74, 6) is 0.947. The monoisotopic (exact) mass is 341 g/mol. The molecule has 0 aromatic carbocycles. The molecule has 130 valence electrons. The molecule has 1 aliphatic heterocycles. The number of sulfone groups is 1. The van der Waals surface area contributed by atoms with E-state index < -0.39 is 14.6 Å². The van der Waals surface area contributed by atoms with Gasteiger partial charge in [0.05, 0.1) is 29.8 Å². The van der Waals surface area contributed by atoms with Crippen LogP contribution in [0.25, 0.3) is 0 Å². The Bertz CT molecular complexity index is 663. The van der Waals surface area contributed by atoms with E-state index in [1.54, 1.807) is 13.8 Å². The molecule has 0 spiro atoms. The van der Waals surface area contributed by atoms with E-state index in [2.05, 4.69) is 15.4 Å². The number of aliphatic imine (C=N–C) groups is 1. The zero-order chi connectivity index (χ0) is 17.1. The highest BCUT2D eigenvalue weighted by Crippen LogP contribution is 2.23. The Morgan fingerprint density at radius 2 is 2.22 bits per heavy atom. The number of nitrogens with zero attached hydrogens (tertiary/aromatic N) is 4. The molecule has 8 heteroatoms. The molecule has 2 heterocycles. The summed E-state index contributed by atoms with van der Waals surface area (Å²) in [5, 5.41) is 7.51. The molecule has 0 radical (unpaired) electrons. The lowest BCUT2D eigenvalue weighted by atomic mass is 10.2. The van der Waals surface area contributed by atoms with Crippen LogP contribution in [0, 0.1) is 6.92 Å². The quantitative estimate of drug-likeness (QED) is 0.643. The van der Waals surface area contributed by atoms with E-state index in [1.165, 1.54) is 0 Å². The van der Waals surface area contributed by atoms with Crippen LogP contribution in [0.15, 0.2) is 17.4 Å². The number of guanidine groups is 1. The molecule has 0 atom stereocenters. The molecule has 7 nitrogen and oxygen atoms in total. The molecule has 0 amide bonds. The maximum absolute atomic E-state index is 12.1. The van der Waals surface area contributed by atoms with Crippen LogP contribution in [-0.4, -0.2) is 65.7 Å². The molecule has 0 bridgehead atoms. The minimum atomic E-state index is -3.04. The number of hydrogen-bond acceptors (Lipinski definition) is 4. The molecular weight excluding hydrogens is 314 g/mol. The Hall–Kier alpha value is -1.57. The van der Waals surface area contributed by atoms with E-state index in [-0.39, 0.29) is 5.75 Å². The predicted octanol–water partition coefficient (Wildman–Crippen LogP) is 0.666. The Balaban J connectivity index is 2.04. The van der Waals surface area contributed by atoms with Crippen molar-refractivity contribution in [3.63, 3.8) is 0 Å². The van der Waals surface area contributed by atoms with Crippen molar-refractivity contribution in [1.29, 1.82) is 0 Å².